The monoisotopic (exact) mass is 490 g/mol. The van der Waals surface area contributed by atoms with Crippen LogP contribution < -0.4 is 10.1 Å². The van der Waals surface area contributed by atoms with Crippen LogP contribution in [0.15, 0.2) is 54.6 Å². The van der Waals surface area contributed by atoms with Crippen LogP contribution in [0.5, 0.6) is 11.5 Å². The van der Waals surface area contributed by atoms with Crippen molar-refractivity contribution in [1.29, 1.82) is 0 Å². The largest absolute Gasteiger partial charge is 0.508 e. The maximum Gasteiger partial charge on any atom is 0.244 e. The summed E-state index contributed by atoms with van der Waals surface area (Å²) in [6, 6.07) is 15.4. The predicted octanol–water partition coefficient (Wildman–Crippen LogP) is 4.52. The summed E-state index contributed by atoms with van der Waals surface area (Å²) in [5.74, 6) is 1.78. The number of ether oxygens (including phenoxy) is 2. The zero-order valence-electron chi connectivity index (χ0n) is 21.4. The zero-order valence-corrected chi connectivity index (χ0v) is 21.4. The summed E-state index contributed by atoms with van der Waals surface area (Å²) in [6.45, 7) is 3.13. The second kappa shape index (κ2) is 10.3. The first-order valence-corrected chi connectivity index (χ1v) is 13.1. The summed E-state index contributed by atoms with van der Waals surface area (Å²) in [7, 11) is 3.58. The first-order chi connectivity index (χ1) is 17.4. The second-order valence-corrected chi connectivity index (χ2v) is 10.8. The van der Waals surface area contributed by atoms with Crippen molar-refractivity contribution in [3.8, 4) is 11.5 Å². The maximum atomic E-state index is 12.9. The first-order valence-electron chi connectivity index (χ1n) is 13.1. The number of hydrogen-bond acceptors (Lipinski definition) is 5. The summed E-state index contributed by atoms with van der Waals surface area (Å²) >= 11 is 0. The molecule has 3 fully saturated rings. The molecule has 3 atom stereocenters. The quantitative estimate of drug-likeness (QED) is 0.533. The molecule has 2 saturated carbocycles. The number of aromatic hydroxyl groups is 1. The molecule has 0 spiro atoms. The molecule has 1 amide bonds. The Hall–Kier alpha value is -2.83. The number of fused-ring (bicyclic) bond motifs is 1. The number of methoxy groups -OCH3 is 2. The van der Waals surface area contributed by atoms with Crippen LogP contribution in [0.3, 0.4) is 0 Å². The highest BCUT2D eigenvalue weighted by Gasteiger charge is 2.59. The number of likely N-dealkylation sites (tertiary alicyclic amines) is 1. The molecule has 3 aliphatic rings. The average molecular weight is 491 g/mol. The molecule has 0 bridgehead atoms. The molecule has 2 aliphatic carbocycles. The van der Waals surface area contributed by atoms with E-state index in [2.05, 4.69) is 28.4 Å². The summed E-state index contributed by atoms with van der Waals surface area (Å²) in [4.78, 5) is 15.5. The van der Waals surface area contributed by atoms with E-state index in [1.807, 2.05) is 19.2 Å². The molecule has 0 aromatic heterocycles. The Morgan fingerprint density at radius 3 is 2.72 bits per heavy atom. The molecule has 5 rings (SSSR count). The van der Waals surface area contributed by atoms with E-state index < -0.39 is 0 Å². The number of phenols is 1. The van der Waals surface area contributed by atoms with Gasteiger partial charge in [-0.2, -0.15) is 0 Å². The van der Waals surface area contributed by atoms with Crippen molar-refractivity contribution >= 4 is 12.0 Å². The highest BCUT2D eigenvalue weighted by atomic mass is 16.5. The average Bonchev–Trinajstić information content (AvgIpc) is 3.71. The number of rotatable bonds is 8. The molecule has 36 heavy (non-hydrogen) atoms. The van der Waals surface area contributed by atoms with E-state index in [1.54, 1.807) is 37.5 Å². The number of carbonyl (C=O) groups excluding carboxylic acids is 1. The van der Waals surface area contributed by atoms with Gasteiger partial charge in [-0.05, 0) is 92.5 Å². The summed E-state index contributed by atoms with van der Waals surface area (Å²) < 4.78 is 12.1. The van der Waals surface area contributed by atoms with Crippen LogP contribution in [-0.4, -0.2) is 61.4 Å². The number of nitrogens with zero attached hydrogens (tertiary/aromatic N) is 1. The number of carbonyl (C=O) groups is 1. The molecule has 192 valence electrons. The first kappa shape index (κ1) is 24.8. The second-order valence-electron chi connectivity index (χ2n) is 10.8. The summed E-state index contributed by atoms with van der Waals surface area (Å²) in [5, 5.41) is 12.9. The van der Waals surface area contributed by atoms with Crippen LogP contribution >= 0.6 is 0 Å². The number of nitrogens with one attached hydrogen (secondary N) is 1. The minimum Gasteiger partial charge on any atom is -0.508 e. The van der Waals surface area contributed by atoms with E-state index in [4.69, 9.17) is 9.47 Å². The minimum absolute atomic E-state index is 0.0517. The van der Waals surface area contributed by atoms with E-state index in [0.717, 1.165) is 56.0 Å². The van der Waals surface area contributed by atoms with Crippen LogP contribution in [0.4, 0.5) is 0 Å². The minimum atomic E-state index is -0.300. The smallest absolute Gasteiger partial charge is 0.244 e. The van der Waals surface area contributed by atoms with Gasteiger partial charge in [0, 0.05) is 37.7 Å². The van der Waals surface area contributed by atoms with Gasteiger partial charge in [-0.25, -0.2) is 0 Å². The summed E-state index contributed by atoms with van der Waals surface area (Å²) in [5.41, 5.74) is 1.53. The van der Waals surface area contributed by atoms with E-state index in [0.29, 0.717) is 0 Å². The normalized spacial score (nSPS) is 28.6. The third-order valence-corrected chi connectivity index (χ3v) is 8.57. The Labute approximate surface area is 214 Å². The number of hydrogen-bond donors (Lipinski definition) is 2. The molecular formula is C30H38N2O4. The van der Waals surface area contributed by atoms with Crippen LogP contribution in [-0.2, 0) is 14.9 Å². The molecule has 1 aliphatic heterocycles. The molecular weight excluding hydrogens is 452 g/mol. The SMILES string of the molecule is COc1cccc([C@@]23CCN(CC4CC4)C[C@@]2(OC)CC[C@H](NC(=O)C=Cc2cccc(O)c2)C3)c1. The van der Waals surface area contributed by atoms with Crippen molar-refractivity contribution < 1.29 is 19.4 Å². The fraction of sp³-hybridized carbons (Fsp3) is 0.500. The van der Waals surface area contributed by atoms with Gasteiger partial charge in [-0.3, -0.25) is 4.79 Å². The summed E-state index contributed by atoms with van der Waals surface area (Å²) in [6.07, 6.45) is 9.59. The molecule has 0 radical (unpaired) electrons. The van der Waals surface area contributed by atoms with Crippen LogP contribution in [0.1, 0.15) is 49.7 Å². The van der Waals surface area contributed by atoms with Gasteiger partial charge >= 0.3 is 0 Å². The van der Waals surface area contributed by atoms with Gasteiger partial charge in [-0.1, -0.05) is 24.3 Å². The highest BCUT2D eigenvalue weighted by Crippen LogP contribution is 2.54. The Kier molecular flexibility index (Phi) is 7.09. The van der Waals surface area contributed by atoms with Gasteiger partial charge in [0.05, 0.1) is 12.7 Å². The molecule has 6 heteroatoms. The highest BCUT2D eigenvalue weighted by molar-refractivity contribution is 5.92. The van der Waals surface area contributed by atoms with Gasteiger partial charge in [-0.15, -0.1) is 0 Å². The van der Waals surface area contributed by atoms with Crippen molar-refractivity contribution in [3.05, 3.63) is 65.7 Å². The maximum absolute atomic E-state index is 12.9. The number of benzene rings is 2. The Morgan fingerprint density at radius 2 is 1.97 bits per heavy atom. The van der Waals surface area contributed by atoms with Crippen molar-refractivity contribution in [3.63, 3.8) is 0 Å². The molecule has 2 N–H and O–H groups in total. The third kappa shape index (κ3) is 5.02. The van der Waals surface area contributed by atoms with Gasteiger partial charge < -0.3 is 24.8 Å². The van der Waals surface area contributed by atoms with Crippen molar-refractivity contribution in [2.75, 3.05) is 33.9 Å². The lowest BCUT2D eigenvalue weighted by molar-refractivity contribution is -0.150. The fourth-order valence-electron chi connectivity index (χ4n) is 6.51. The molecule has 1 saturated heterocycles. The Balaban J connectivity index is 1.39. The lowest BCUT2D eigenvalue weighted by Gasteiger charge is -2.60. The number of piperidine rings is 1. The van der Waals surface area contributed by atoms with Crippen LogP contribution in [0, 0.1) is 5.92 Å². The topological polar surface area (TPSA) is 71.0 Å². The lowest BCUT2D eigenvalue weighted by atomic mass is 9.55. The molecule has 2 aromatic rings. The standard InChI is InChI=1S/C30H38N2O4/c1-35-27-8-4-6-24(18-27)29-15-16-32(20-23-9-10-23)21-30(29,36-2)14-13-25(19-29)31-28(34)12-11-22-5-3-7-26(33)17-22/h3-8,11-12,17-18,23,25,33H,9-10,13-16,19-21H2,1-2H3,(H,31,34)/t25-,29-,30-/m0/s1. The Bertz CT molecular complexity index is 1110. The molecule has 0 unspecified atom stereocenters. The number of phenolic OH excluding ortho intramolecular Hbond substituents is 1. The molecule has 1 heterocycles. The van der Waals surface area contributed by atoms with Crippen molar-refractivity contribution in [2.24, 2.45) is 5.92 Å². The lowest BCUT2D eigenvalue weighted by Crippen LogP contribution is -2.68. The van der Waals surface area contributed by atoms with Gasteiger partial charge in [0.1, 0.15) is 11.5 Å². The van der Waals surface area contributed by atoms with Gasteiger partial charge in [0.25, 0.3) is 0 Å². The van der Waals surface area contributed by atoms with Crippen molar-refractivity contribution in [1.82, 2.24) is 10.2 Å². The third-order valence-electron chi connectivity index (χ3n) is 8.57. The number of amides is 1. The van der Waals surface area contributed by atoms with Gasteiger partial charge in [0.2, 0.25) is 5.91 Å². The predicted molar refractivity (Wildman–Crippen MR) is 141 cm³/mol. The van der Waals surface area contributed by atoms with Crippen LogP contribution in [0.2, 0.25) is 0 Å². The van der Waals surface area contributed by atoms with E-state index in [-0.39, 0.29) is 28.7 Å². The zero-order chi connectivity index (χ0) is 25.2. The van der Waals surface area contributed by atoms with Crippen molar-refractivity contribution in [2.45, 2.75) is 55.6 Å². The van der Waals surface area contributed by atoms with E-state index >= 15 is 0 Å². The Morgan fingerprint density at radius 1 is 1.14 bits per heavy atom. The van der Waals surface area contributed by atoms with E-state index in [1.165, 1.54) is 24.9 Å². The molecule has 2 aromatic carbocycles. The fourth-order valence-corrected chi connectivity index (χ4v) is 6.51. The van der Waals surface area contributed by atoms with Crippen LogP contribution in [0.25, 0.3) is 6.08 Å². The molecule has 6 nitrogen and oxygen atoms in total. The van der Waals surface area contributed by atoms with E-state index in [9.17, 15) is 9.90 Å². The van der Waals surface area contributed by atoms with Gasteiger partial charge in [0.15, 0.2) is 0 Å².